The van der Waals surface area contributed by atoms with Crippen LogP contribution in [0.2, 0.25) is 5.02 Å². The Kier molecular flexibility index (Phi) is 9.73. The monoisotopic (exact) mass is 493 g/mol. The highest BCUT2D eigenvalue weighted by Crippen LogP contribution is 2.19. The van der Waals surface area contributed by atoms with E-state index in [1.165, 1.54) is 9.21 Å². The number of amides is 2. The smallest absolute Gasteiger partial charge is 0.242 e. The summed E-state index contributed by atoms with van der Waals surface area (Å²) < 4.78 is 25.8. The van der Waals surface area contributed by atoms with Crippen molar-refractivity contribution in [3.63, 3.8) is 0 Å². The van der Waals surface area contributed by atoms with E-state index in [-0.39, 0.29) is 37.4 Å². The molecule has 0 fully saturated rings. The van der Waals surface area contributed by atoms with Crippen molar-refractivity contribution in [1.29, 1.82) is 0 Å². The van der Waals surface area contributed by atoms with Crippen LogP contribution in [-0.4, -0.2) is 50.0 Å². The van der Waals surface area contributed by atoms with Gasteiger partial charge in [-0.2, -0.15) is 0 Å². The summed E-state index contributed by atoms with van der Waals surface area (Å²) in [5.41, 5.74) is 1.40. The zero-order chi connectivity index (χ0) is 24.6. The fourth-order valence-electron chi connectivity index (χ4n) is 3.37. The highest BCUT2D eigenvalue weighted by Gasteiger charge is 2.27. The van der Waals surface area contributed by atoms with Crippen molar-refractivity contribution in [3.05, 3.63) is 65.2 Å². The maximum Gasteiger partial charge on any atom is 0.242 e. The summed E-state index contributed by atoms with van der Waals surface area (Å²) >= 11 is 5.97. The number of hydrogen-bond acceptors (Lipinski definition) is 4. The first-order chi connectivity index (χ1) is 15.5. The maximum absolute atomic E-state index is 13.2. The zero-order valence-electron chi connectivity index (χ0n) is 19.5. The Morgan fingerprint density at radius 3 is 2.15 bits per heavy atom. The van der Waals surface area contributed by atoms with Gasteiger partial charge in [-0.05, 0) is 57.0 Å². The van der Waals surface area contributed by atoms with Crippen LogP contribution in [0.15, 0.2) is 54.6 Å². The Hall–Kier alpha value is -2.58. The SMILES string of the molecule is CC(C)NC(=O)[C@H](C)N(Cc1ccc(Cl)cc1)C(=O)CCCN(c1ccccc1)S(C)(=O)=O. The van der Waals surface area contributed by atoms with Gasteiger partial charge in [-0.15, -0.1) is 0 Å². The largest absolute Gasteiger partial charge is 0.352 e. The van der Waals surface area contributed by atoms with E-state index in [1.54, 1.807) is 43.3 Å². The Labute approximate surface area is 201 Å². The molecular formula is C24H32ClN3O4S. The third-order valence-corrected chi connectivity index (χ3v) is 6.51. The van der Waals surface area contributed by atoms with Gasteiger partial charge in [-0.3, -0.25) is 13.9 Å². The molecule has 0 heterocycles. The molecule has 0 aliphatic heterocycles. The van der Waals surface area contributed by atoms with Crippen molar-refractivity contribution in [2.24, 2.45) is 0 Å². The second-order valence-electron chi connectivity index (χ2n) is 8.26. The van der Waals surface area contributed by atoms with Gasteiger partial charge in [-0.1, -0.05) is 41.9 Å². The van der Waals surface area contributed by atoms with Gasteiger partial charge >= 0.3 is 0 Å². The van der Waals surface area contributed by atoms with Crippen LogP contribution in [0.4, 0.5) is 5.69 Å². The number of carbonyl (C=O) groups excluding carboxylic acids is 2. The normalized spacial score (nSPS) is 12.3. The van der Waals surface area contributed by atoms with Gasteiger partial charge < -0.3 is 10.2 Å². The molecular weight excluding hydrogens is 462 g/mol. The summed E-state index contributed by atoms with van der Waals surface area (Å²) in [6, 6.07) is 15.1. The molecule has 0 unspecified atom stereocenters. The van der Waals surface area contributed by atoms with E-state index in [2.05, 4.69) is 5.32 Å². The molecule has 0 saturated heterocycles. The lowest BCUT2D eigenvalue weighted by atomic mass is 10.1. The van der Waals surface area contributed by atoms with Gasteiger partial charge in [0.15, 0.2) is 0 Å². The first kappa shape index (κ1) is 26.7. The van der Waals surface area contributed by atoms with E-state index < -0.39 is 16.1 Å². The minimum atomic E-state index is -3.50. The number of anilines is 1. The summed E-state index contributed by atoms with van der Waals surface area (Å²) in [4.78, 5) is 27.3. The van der Waals surface area contributed by atoms with E-state index >= 15 is 0 Å². The van der Waals surface area contributed by atoms with Crippen molar-refractivity contribution in [2.75, 3.05) is 17.1 Å². The number of para-hydroxylation sites is 1. The number of carbonyl (C=O) groups is 2. The number of sulfonamides is 1. The lowest BCUT2D eigenvalue weighted by molar-refractivity contribution is -0.140. The summed E-state index contributed by atoms with van der Waals surface area (Å²) in [7, 11) is -3.50. The molecule has 2 amide bonds. The number of nitrogens with zero attached hydrogens (tertiary/aromatic N) is 2. The summed E-state index contributed by atoms with van der Waals surface area (Å²) in [5, 5.41) is 3.43. The van der Waals surface area contributed by atoms with Crippen molar-refractivity contribution < 1.29 is 18.0 Å². The molecule has 2 aromatic carbocycles. The van der Waals surface area contributed by atoms with E-state index in [0.29, 0.717) is 17.1 Å². The van der Waals surface area contributed by atoms with Crippen LogP contribution in [0.25, 0.3) is 0 Å². The molecule has 0 spiro atoms. The molecule has 9 heteroatoms. The van der Waals surface area contributed by atoms with E-state index in [1.807, 2.05) is 32.0 Å². The average Bonchev–Trinajstić information content (AvgIpc) is 2.75. The molecule has 0 saturated carbocycles. The second-order valence-corrected chi connectivity index (χ2v) is 10.6. The fraction of sp³-hybridized carbons (Fsp3) is 0.417. The van der Waals surface area contributed by atoms with Crippen LogP contribution in [0.1, 0.15) is 39.2 Å². The minimum Gasteiger partial charge on any atom is -0.352 e. The van der Waals surface area contributed by atoms with Gasteiger partial charge in [-0.25, -0.2) is 8.42 Å². The highest BCUT2D eigenvalue weighted by molar-refractivity contribution is 7.92. The summed E-state index contributed by atoms with van der Waals surface area (Å²) in [6.45, 7) is 5.82. The number of hydrogen-bond donors (Lipinski definition) is 1. The lowest BCUT2D eigenvalue weighted by Crippen LogP contribution is -2.49. The Morgan fingerprint density at radius 2 is 1.61 bits per heavy atom. The summed E-state index contributed by atoms with van der Waals surface area (Å²) in [6.07, 6.45) is 1.56. The first-order valence-electron chi connectivity index (χ1n) is 10.9. The number of benzene rings is 2. The third kappa shape index (κ3) is 8.37. The Bertz CT molecular complexity index is 1030. The molecule has 1 atom stereocenters. The van der Waals surface area contributed by atoms with Crippen molar-refractivity contribution in [3.8, 4) is 0 Å². The molecule has 2 aromatic rings. The number of halogens is 1. The third-order valence-electron chi connectivity index (χ3n) is 5.06. The van der Waals surface area contributed by atoms with Crippen molar-refractivity contribution in [2.45, 2.75) is 52.2 Å². The minimum absolute atomic E-state index is 0.0541. The Balaban J connectivity index is 2.14. The quantitative estimate of drug-likeness (QED) is 0.515. The lowest BCUT2D eigenvalue weighted by Gasteiger charge is -2.30. The zero-order valence-corrected chi connectivity index (χ0v) is 21.1. The molecule has 180 valence electrons. The molecule has 0 aromatic heterocycles. The molecule has 33 heavy (non-hydrogen) atoms. The summed E-state index contributed by atoms with van der Waals surface area (Å²) in [5.74, 6) is -0.466. The molecule has 2 rings (SSSR count). The average molecular weight is 494 g/mol. The molecule has 7 nitrogen and oxygen atoms in total. The van der Waals surface area contributed by atoms with Gasteiger partial charge in [0.1, 0.15) is 6.04 Å². The number of nitrogens with one attached hydrogen (secondary N) is 1. The predicted molar refractivity (Wildman–Crippen MR) is 133 cm³/mol. The van der Waals surface area contributed by atoms with Crippen molar-refractivity contribution in [1.82, 2.24) is 10.2 Å². The number of rotatable bonds is 11. The van der Waals surface area contributed by atoms with Gasteiger partial charge in [0, 0.05) is 30.6 Å². The molecule has 0 aliphatic carbocycles. The van der Waals surface area contributed by atoms with Gasteiger partial charge in [0.05, 0.1) is 11.9 Å². The topological polar surface area (TPSA) is 86.8 Å². The highest BCUT2D eigenvalue weighted by atomic mass is 35.5. The van der Waals surface area contributed by atoms with Crippen LogP contribution in [0.3, 0.4) is 0 Å². The van der Waals surface area contributed by atoms with Crippen LogP contribution >= 0.6 is 11.6 Å². The van der Waals surface area contributed by atoms with Crippen LogP contribution < -0.4 is 9.62 Å². The second kappa shape index (κ2) is 12.0. The fourth-order valence-corrected chi connectivity index (χ4v) is 4.46. The molecule has 0 bridgehead atoms. The van der Waals surface area contributed by atoms with Crippen LogP contribution in [0, 0.1) is 0 Å². The van der Waals surface area contributed by atoms with E-state index in [9.17, 15) is 18.0 Å². The molecule has 0 radical (unpaired) electrons. The van der Waals surface area contributed by atoms with Crippen LogP contribution in [0.5, 0.6) is 0 Å². The van der Waals surface area contributed by atoms with E-state index in [0.717, 1.165) is 11.8 Å². The molecule has 1 N–H and O–H groups in total. The molecule has 0 aliphatic rings. The van der Waals surface area contributed by atoms with E-state index in [4.69, 9.17) is 11.6 Å². The standard InChI is InChI=1S/C24H32ClN3O4S/c1-18(2)26-24(30)19(3)27(17-20-12-14-21(25)15-13-20)23(29)11-8-16-28(33(4,31)32)22-9-6-5-7-10-22/h5-7,9-10,12-15,18-19H,8,11,16-17H2,1-4H3,(H,26,30)/t19-/m0/s1. The van der Waals surface area contributed by atoms with Gasteiger partial charge in [0.2, 0.25) is 21.8 Å². The predicted octanol–water partition coefficient (Wildman–Crippen LogP) is 3.83. The first-order valence-corrected chi connectivity index (χ1v) is 13.1. The van der Waals surface area contributed by atoms with Crippen LogP contribution in [-0.2, 0) is 26.2 Å². The Morgan fingerprint density at radius 1 is 1.00 bits per heavy atom. The maximum atomic E-state index is 13.2. The van der Waals surface area contributed by atoms with Gasteiger partial charge in [0.25, 0.3) is 0 Å². The van der Waals surface area contributed by atoms with Crippen molar-refractivity contribution >= 4 is 39.1 Å².